The normalized spacial score (nSPS) is 14.6. The fourth-order valence-electron chi connectivity index (χ4n) is 3.82. The molecule has 0 unspecified atom stereocenters. The zero-order chi connectivity index (χ0) is 20.6. The highest BCUT2D eigenvalue weighted by Gasteiger charge is 2.21. The van der Waals surface area contributed by atoms with Gasteiger partial charge in [-0.2, -0.15) is 0 Å². The van der Waals surface area contributed by atoms with Crippen LogP contribution in [0.4, 0.5) is 0 Å². The molecule has 154 valence electrons. The molecule has 1 aliphatic heterocycles. The molecule has 1 heterocycles. The van der Waals surface area contributed by atoms with Crippen LogP contribution in [0, 0.1) is 0 Å². The van der Waals surface area contributed by atoms with Gasteiger partial charge in [0.1, 0.15) is 0 Å². The summed E-state index contributed by atoms with van der Waals surface area (Å²) in [7, 11) is 0. The summed E-state index contributed by atoms with van der Waals surface area (Å²) in [6.07, 6.45) is 1.37. The van der Waals surface area contributed by atoms with Crippen molar-refractivity contribution in [2.45, 2.75) is 29.2 Å². The zero-order valence-corrected chi connectivity index (χ0v) is 18.1. The number of hydrogen-bond donors (Lipinski definition) is 0. The van der Waals surface area contributed by atoms with Crippen LogP contribution in [0.25, 0.3) is 0 Å². The summed E-state index contributed by atoms with van der Waals surface area (Å²) in [5, 5.41) is 0. The highest BCUT2D eigenvalue weighted by atomic mass is 32.2. The maximum absolute atomic E-state index is 12.8. The predicted octanol–water partition coefficient (Wildman–Crippen LogP) is 5.11. The minimum atomic E-state index is 0.272. The van der Waals surface area contributed by atoms with Crippen molar-refractivity contribution in [2.75, 3.05) is 26.2 Å². The topological polar surface area (TPSA) is 23.6 Å². The van der Waals surface area contributed by atoms with Gasteiger partial charge in [0.05, 0.1) is 0 Å². The van der Waals surface area contributed by atoms with Crippen LogP contribution in [0.2, 0.25) is 0 Å². The lowest BCUT2D eigenvalue weighted by Gasteiger charge is -2.35. The number of hydrogen-bond acceptors (Lipinski definition) is 3. The Morgan fingerprint density at radius 1 is 0.767 bits per heavy atom. The predicted molar refractivity (Wildman–Crippen MR) is 124 cm³/mol. The van der Waals surface area contributed by atoms with E-state index in [1.807, 2.05) is 11.0 Å². The van der Waals surface area contributed by atoms with Crippen LogP contribution < -0.4 is 0 Å². The van der Waals surface area contributed by atoms with E-state index >= 15 is 0 Å². The molecule has 0 saturated carbocycles. The molecule has 0 spiro atoms. The van der Waals surface area contributed by atoms with Crippen molar-refractivity contribution in [3.8, 4) is 0 Å². The van der Waals surface area contributed by atoms with E-state index in [1.165, 1.54) is 20.9 Å². The molecular formula is C26H28N2OS. The van der Waals surface area contributed by atoms with Gasteiger partial charge in [-0.1, -0.05) is 78.5 Å². The van der Waals surface area contributed by atoms with E-state index in [2.05, 4.69) is 83.8 Å². The van der Waals surface area contributed by atoms with Crippen molar-refractivity contribution >= 4 is 17.7 Å². The minimum Gasteiger partial charge on any atom is -0.340 e. The lowest BCUT2D eigenvalue weighted by Crippen LogP contribution is -2.48. The third-order valence-electron chi connectivity index (χ3n) is 5.53. The molecule has 3 aromatic carbocycles. The molecule has 30 heavy (non-hydrogen) atoms. The van der Waals surface area contributed by atoms with Gasteiger partial charge in [0, 0.05) is 48.9 Å². The summed E-state index contributed by atoms with van der Waals surface area (Å²) in [6, 6.07) is 29.4. The van der Waals surface area contributed by atoms with E-state index in [4.69, 9.17) is 0 Å². The molecule has 1 aliphatic rings. The van der Waals surface area contributed by atoms with E-state index in [0.29, 0.717) is 6.42 Å². The Morgan fingerprint density at radius 2 is 1.40 bits per heavy atom. The summed E-state index contributed by atoms with van der Waals surface area (Å²) >= 11 is 1.77. The van der Waals surface area contributed by atoms with Gasteiger partial charge in [0.15, 0.2) is 0 Å². The molecule has 3 nitrogen and oxygen atoms in total. The first-order valence-corrected chi connectivity index (χ1v) is 11.4. The number of benzene rings is 3. The van der Waals surface area contributed by atoms with Crippen LogP contribution in [0.15, 0.2) is 94.7 Å². The van der Waals surface area contributed by atoms with E-state index in [1.54, 1.807) is 11.8 Å². The van der Waals surface area contributed by atoms with E-state index in [0.717, 1.165) is 39.1 Å². The number of carbonyl (C=O) groups excluding carboxylic acids is 1. The molecule has 0 bridgehead atoms. The van der Waals surface area contributed by atoms with Gasteiger partial charge in [-0.3, -0.25) is 9.69 Å². The Bertz CT molecular complexity index is 938. The highest BCUT2D eigenvalue weighted by Crippen LogP contribution is 2.30. The quantitative estimate of drug-likeness (QED) is 0.534. The largest absolute Gasteiger partial charge is 0.340 e. The number of aryl methyl sites for hydroxylation is 1. The van der Waals surface area contributed by atoms with Crippen LogP contribution in [-0.2, 0) is 17.8 Å². The fraction of sp³-hybridized carbons (Fsp3) is 0.269. The second-order valence-electron chi connectivity index (χ2n) is 7.67. The van der Waals surface area contributed by atoms with Crippen LogP contribution in [0.1, 0.15) is 17.5 Å². The standard InChI is InChI=1S/C26H28N2OS/c29-26(28-19-17-27(18-20-28)21-22-9-3-1-4-10-22)16-15-23-11-7-8-14-25(23)30-24-12-5-2-6-13-24/h1-14H,15-21H2. The lowest BCUT2D eigenvalue weighted by molar-refractivity contribution is -0.133. The van der Waals surface area contributed by atoms with Gasteiger partial charge in [-0.25, -0.2) is 0 Å². The van der Waals surface area contributed by atoms with Gasteiger partial charge >= 0.3 is 0 Å². The molecule has 0 aromatic heterocycles. The third-order valence-corrected chi connectivity index (χ3v) is 6.65. The minimum absolute atomic E-state index is 0.272. The number of amides is 1. The lowest BCUT2D eigenvalue weighted by atomic mass is 10.1. The molecule has 0 radical (unpaired) electrons. The van der Waals surface area contributed by atoms with Crippen LogP contribution in [0.5, 0.6) is 0 Å². The van der Waals surface area contributed by atoms with Gasteiger partial charge < -0.3 is 4.90 Å². The maximum atomic E-state index is 12.8. The molecule has 1 saturated heterocycles. The average molecular weight is 417 g/mol. The van der Waals surface area contributed by atoms with Gasteiger partial charge in [0.2, 0.25) is 5.91 Å². The average Bonchev–Trinajstić information content (AvgIpc) is 2.80. The van der Waals surface area contributed by atoms with Gasteiger partial charge in [-0.15, -0.1) is 0 Å². The van der Waals surface area contributed by atoms with Crippen molar-refractivity contribution in [1.29, 1.82) is 0 Å². The second kappa shape index (κ2) is 10.5. The molecule has 3 aromatic rings. The molecule has 4 rings (SSSR count). The summed E-state index contributed by atoms with van der Waals surface area (Å²) < 4.78 is 0. The molecule has 1 amide bonds. The van der Waals surface area contributed by atoms with Crippen LogP contribution in [0.3, 0.4) is 0 Å². The Morgan fingerprint density at radius 3 is 2.13 bits per heavy atom. The highest BCUT2D eigenvalue weighted by molar-refractivity contribution is 7.99. The molecule has 0 atom stereocenters. The Hall–Kier alpha value is -2.56. The summed E-state index contributed by atoms with van der Waals surface area (Å²) in [6.45, 7) is 4.51. The smallest absolute Gasteiger partial charge is 0.222 e. The monoisotopic (exact) mass is 416 g/mol. The molecule has 4 heteroatoms. The second-order valence-corrected chi connectivity index (χ2v) is 8.78. The van der Waals surface area contributed by atoms with Crippen molar-refractivity contribution in [3.63, 3.8) is 0 Å². The summed E-state index contributed by atoms with van der Waals surface area (Å²) in [5.74, 6) is 0.272. The van der Waals surface area contributed by atoms with Crippen molar-refractivity contribution in [2.24, 2.45) is 0 Å². The first kappa shape index (κ1) is 20.7. The van der Waals surface area contributed by atoms with Crippen molar-refractivity contribution in [1.82, 2.24) is 9.80 Å². The summed E-state index contributed by atoms with van der Waals surface area (Å²) in [4.78, 5) is 19.7. The van der Waals surface area contributed by atoms with Crippen LogP contribution >= 0.6 is 11.8 Å². The van der Waals surface area contributed by atoms with E-state index in [-0.39, 0.29) is 5.91 Å². The zero-order valence-electron chi connectivity index (χ0n) is 17.2. The molecular weight excluding hydrogens is 388 g/mol. The first-order valence-electron chi connectivity index (χ1n) is 10.6. The Kier molecular flexibility index (Phi) is 7.22. The van der Waals surface area contributed by atoms with Gasteiger partial charge in [0.25, 0.3) is 0 Å². The van der Waals surface area contributed by atoms with E-state index in [9.17, 15) is 4.79 Å². The maximum Gasteiger partial charge on any atom is 0.222 e. The SMILES string of the molecule is O=C(CCc1ccccc1Sc1ccccc1)N1CCN(Cc2ccccc2)CC1. The number of piperazine rings is 1. The van der Waals surface area contributed by atoms with E-state index < -0.39 is 0 Å². The Balaban J connectivity index is 1.27. The molecule has 1 fully saturated rings. The van der Waals surface area contributed by atoms with Gasteiger partial charge in [-0.05, 0) is 35.7 Å². The first-order chi connectivity index (χ1) is 14.8. The Labute approximate surface area is 183 Å². The number of carbonyl (C=O) groups is 1. The number of rotatable bonds is 7. The molecule has 0 N–H and O–H groups in total. The van der Waals surface area contributed by atoms with Crippen molar-refractivity contribution in [3.05, 3.63) is 96.1 Å². The molecule has 0 aliphatic carbocycles. The summed E-state index contributed by atoms with van der Waals surface area (Å²) in [5.41, 5.74) is 2.59. The van der Waals surface area contributed by atoms with Crippen molar-refractivity contribution < 1.29 is 4.79 Å². The number of nitrogens with zero attached hydrogens (tertiary/aromatic N) is 2. The third kappa shape index (κ3) is 5.74. The fourth-order valence-corrected chi connectivity index (χ4v) is 4.82. The van der Waals surface area contributed by atoms with Crippen LogP contribution in [-0.4, -0.2) is 41.9 Å².